The molecule has 0 fully saturated rings. The van der Waals surface area contributed by atoms with Gasteiger partial charge in [-0.2, -0.15) is 4.39 Å². The minimum absolute atomic E-state index is 0. The predicted octanol–water partition coefficient (Wildman–Crippen LogP) is 3.15. The monoisotopic (exact) mass is 562 g/mol. The van der Waals surface area contributed by atoms with Crippen molar-refractivity contribution in [2.24, 2.45) is 5.92 Å². The van der Waals surface area contributed by atoms with Crippen molar-refractivity contribution in [3.05, 3.63) is 58.9 Å². The van der Waals surface area contributed by atoms with E-state index in [1.54, 1.807) is 12.1 Å². The second-order valence-electron chi connectivity index (χ2n) is 9.54. The number of carbonyl (C=O) groups excluding carboxylic acids is 4. The van der Waals surface area contributed by atoms with Crippen molar-refractivity contribution < 1.29 is 47.0 Å². The van der Waals surface area contributed by atoms with Crippen LogP contribution in [0.15, 0.2) is 30.3 Å². The highest BCUT2D eigenvalue weighted by Gasteiger charge is 2.44. The van der Waals surface area contributed by atoms with E-state index in [9.17, 15) is 42.3 Å². The molecule has 0 aromatic heterocycles. The molecule has 2 N–H and O–H groups in total. The first kappa shape index (κ1) is 30.3. The van der Waals surface area contributed by atoms with Crippen molar-refractivity contribution in [2.45, 2.75) is 58.5 Å². The van der Waals surface area contributed by atoms with E-state index in [2.05, 4.69) is 5.32 Å². The van der Waals surface area contributed by atoms with Crippen LogP contribution >= 0.6 is 0 Å². The Hall–Kier alpha value is -4.22. The summed E-state index contributed by atoms with van der Waals surface area (Å²) in [7, 11) is 0. The van der Waals surface area contributed by atoms with E-state index >= 15 is 0 Å². The molecular weight excluding hydrogens is 533 g/mol. The molecule has 2 aliphatic rings. The largest absolute Gasteiger partial charge is 0.481 e. The quantitative estimate of drug-likeness (QED) is 0.426. The fourth-order valence-corrected chi connectivity index (χ4v) is 5.06. The highest BCUT2D eigenvalue weighted by molar-refractivity contribution is 6.08. The molecule has 3 atom stereocenters. The Morgan fingerprint density at radius 1 is 1.07 bits per heavy atom. The molecule has 214 valence electrons. The first-order valence-corrected chi connectivity index (χ1v) is 12.2. The van der Waals surface area contributed by atoms with Gasteiger partial charge < -0.3 is 15.2 Å². The first-order valence-electron chi connectivity index (χ1n) is 12.2. The summed E-state index contributed by atoms with van der Waals surface area (Å²) >= 11 is 0. The van der Waals surface area contributed by atoms with Gasteiger partial charge in [0.1, 0.15) is 12.6 Å². The van der Waals surface area contributed by atoms with Gasteiger partial charge in [-0.05, 0) is 36.1 Å². The molecule has 0 radical (unpaired) electrons. The van der Waals surface area contributed by atoms with Crippen LogP contribution in [-0.2, 0) is 36.8 Å². The fraction of sp³-hybridized carbons (Fsp3) is 0.393. The summed E-state index contributed by atoms with van der Waals surface area (Å²) in [6.07, 6.45) is -0.454. The molecule has 0 saturated heterocycles. The lowest BCUT2D eigenvalue weighted by molar-refractivity contribution is -0.142. The number of para-hydroxylation sites is 1. The van der Waals surface area contributed by atoms with Gasteiger partial charge in [-0.25, -0.2) is 8.78 Å². The third-order valence-electron chi connectivity index (χ3n) is 6.84. The number of aliphatic carboxylic acids is 1. The number of carbonyl (C=O) groups is 5. The van der Waals surface area contributed by atoms with Gasteiger partial charge in [0.25, 0.3) is 0 Å². The van der Waals surface area contributed by atoms with Crippen LogP contribution in [0.1, 0.15) is 44.7 Å². The molecule has 40 heavy (non-hydrogen) atoms. The molecule has 1 unspecified atom stereocenters. The summed E-state index contributed by atoms with van der Waals surface area (Å²) < 4.78 is 46.1. The van der Waals surface area contributed by atoms with Crippen molar-refractivity contribution in [2.75, 3.05) is 11.5 Å². The smallest absolute Gasteiger partial charge is 0.304 e. The van der Waals surface area contributed by atoms with E-state index < -0.39 is 90.0 Å². The number of anilines is 1. The number of carboxylic acid groups (broad SMARTS) is 1. The molecule has 2 amide bonds. The molecule has 12 heteroatoms. The van der Waals surface area contributed by atoms with Crippen molar-refractivity contribution in [1.82, 2.24) is 5.32 Å². The summed E-state index contributed by atoms with van der Waals surface area (Å²) in [6.45, 7) is 0.264. The van der Waals surface area contributed by atoms with Crippen LogP contribution in [0.3, 0.4) is 0 Å². The minimum atomic E-state index is -1.65. The Morgan fingerprint density at radius 3 is 2.42 bits per heavy atom. The molecular formula is C28H29F3N2O7. The zero-order chi connectivity index (χ0) is 28.4. The summed E-state index contributed by atoms with van der Waals surface area (Å²) in [5.74, 6) is -10.8. The number of nitrogens with one attached hydrogen (secondary N) is 1. The third-order valence-corrected chi connectivity index (χ3v) is 6.84. The molecule has 0 aliphatic carbocycles. The number of rotatable bonds is 10. The summed E-state index contributed by atoms with van der Waals surface area (Å²) in [6, 6.07) is 4.60. The SMILES string of the molecule is C.CC(=O)N[C@H]1CCc2cccc3c2N(C1=O)[C@H](C(=O)CC(CC(=O)O)C(=O)COc1c(F)ccc(F)c1F)C3. The number of amides is 2. The maximum Gasteiger partial charge on any atom is 0.304 e. The van der Waals surface area contributed by atoms with Crippen molar-refractivity contribution in [3.63, 3.8) is 0 Å². The van der Waals surface area contributed by atoms with Crippen LogP contribution in [-0.4, -0.2) is 53.1 Å². The molecule has 2 heterocycles. The zero-order valence-electron chi connectivity index (χ0n) is 20.8. The van der Waals surface area contributed by atoms with E-state index in [0.29, 0.717) is 30.7 Å². The predicted molar refractivity (Wildman–Crippen MR) is 136 cm³/mol. The Labute approximate surface area is 228 Å². The molecule has 0 spiro atoms. The highest BCUT2D eigenvalue weighted by atomic mass is 19.2. The van der Waals surface area contributed by atoms with Gasteiger partial charge in [-0.3, -0.25) is 28.9 Å². The number of ether oxygens (including phenoxy) is 1. The Balaban J connectivity index is 0.00000441. The summed E-state index contributed by atoms with van der Waals surface area (Å²) in [4.78, 5) is 64.2. The van der Waals surface area contributed by atoms with E-state index in [1.165, 1.54) is 11.8 Å². The van der Waals surface area contributed by atoms with Gasteiger partial charge in [0.05, 0.1) is 18.2 Å². The Bertz CT molecular complexity index is 1360. The summed E-state index contributed by atoms with van der Waals surface area (Å²) in [5.41, 5.74) is 2.11. The van der Waals surface area contributed by atoms with Crippen molar-refractivity contribution >= 4 is 35.0 Å². The molecule has 2 aromatic rings. The number of aryl methyl sites for hydroxylation is 1. The van der Waals surface area contributed by atoms with Gasteiger partial charge in [-0.15, -0.1) is 0 Å². The fourth-order valence-electron chi connectivity index (χ4n) is 5.06. The molecule has 0 bridgehead atoms. The first-order chi connectivity index (χ1) is 18.5. The molecule has 2 aliphatic heterocycles. The normalized spacial score (nSPS) is 18.2. The zero-order valence-corrected chi connectivity index (χ0v) is 20.8. The van der Waals surface area contributed by atoms with E-state index in [1.807, 2.05) is 6.07 Å². The van der Waals surface area contributed by atoms with Crippen LogP contribution in [0, 0.1) is 23.4 Å². The number of hydrogen-bond donors (Lipinski definition) is 2. The maximum absolute atomic E-state index is 13.9. The lowest BCUT2D eigenvalue weighted by atomic mass is 9.90. The number of carboxylic acids is 1. The lowest BCUT2D eigenvalue weighted by Crippen LogP contribution is -2.52. The number of hydrogen-bond acceptors (Lipinski definition) is 6. The molecule has 9 nitrogen and oxygen atoms in total. The standard InChI is InChI=1S/C27H25F3N2O7.CH4/c1-13(33)31-19-8-5-14-3-2-4-15-9-20(32(25(14)15)27(19)38)21(34)10-16(11-23(36)37)22(35)12-39-26-18(29)7-6-17(28)24(26)30;/h2-4,6-7,16,19-20H,5,8-12H2,1H3,(H,31,33)(H,36,37);1H4/t16?,19-,20-;/m0./s1. The second kappa shape index (κ2) is 12.3. The van der Waals surface area contributed by atoms with Gasteiger partial charge in [-0.1, -0.05) is 25.6 Å². The van der Waals surface area contributed by atoms with Gasteiger partial charge >= 0.3 is 5.97 Å². The average Bonchev–Trinajstić information content (AvgIpc) is 3.21. The second-order valence-corrected chi connectivity index (χ2v) is 9.54. The van der Waals surface area contributed by atoms with Crippen molar-refractivity contribution in [3.8, 4) is 5.75 Å². The van der Waals surface area contributed by atoms with E-state index in [0.717, 1.165) is 11.1 Å². The number of ketones is 2. The number of halogens is 3. The maximum atomic E-state index is 13.9. The average molecular weight is 563 g/mol. The van der Waals surface area contributed by atoms with Gasteiger partial charge in [0, 0.05) is 25.7 Å². The van der Waals surface area contributed by atoms with E-state index in [-0.39, 0.29) is 13.8 Å². The number of benzene rings is 2. The van der Waals surface area contributed by atoms with Gasteiger partial charge in [0.2, 0.25) is 17.6 Å². The minimum Gasteiger partial charge on any atom is -0.481 e. The topological polar surface area (TPSA) is 130 Å². The third kappa shape index (κ3) is 6.16. The van der Waals surface area contributed by atoms with Crippen LogP contribution < -0.4 is 15.0 Å². The van der Waals surface area contributed by atoms with Crippen LogP contribution in [0.25, 0.3) is 0 Å². The highest BCUT2D eigenvalue weighted by Crippen LogP contribution is 2.40. The van der Waals surface area contributed by atoms with Crippen LogP contribution in [0.5, 0.6) is 5.75 Å². The Kier molecular flexibility index (Phi) is 9.33. The number of Topliss-reactive ketones (excluding diaryl/α,β-unsaturated/α-hetero) is 2. The summed E-state index contributed by atoms with van der Waals surface area (Å²) in [5, 5.41) is 11.9. The molecule has 2 aromatic carbocycles. The van der Waals surface area contributed by atoms with Crippen LogP contribution in [0.2, 0.25) is 0 Å². The number of nitrogens with zero attached hydrogens (tertiary/aromatic N) is 1. The Morgan fingerprint density at radius 2 is 1.75 bits per heavy atom. The van der Waals surface area contributed by atoms with Crippen molar-refractivity contribution in [1.29, 1.82) is 0 Å². The molecule has 0 saturated carbocycles. The van der Waals surface area contributed by atoms with Crippen LogP contribution in [0.4, 0.5) is 18.9 Å². The van der Waals surface area contributed by atoms with Gasteiger partial charge in [0.15, 0.2) is 29.0 Å². The lowest BCUT2D eigenvalue weighted by Gasteiger charge is -2.28. The molecule has 4 rings (SSSR count). The van der Waals surface area contributed by atoms with E-state index in [4.69, 9.17) is 4.74 Å².